The van der Waals surface area contributed by atoms with E-state index in [9.17, 15) is 17.6 Å². The lowest BCUT2D eigenvalue weighted by Gasteiger charge is -2.25. The summed E-state index contributed by atoms with van der Waals surface area (Å²) in [6, 6.07) is 16.4. The fourth-order valence-electron chi connectivity index (χ4n) is 3.06. The molecule has 5 nitrogen and oxygen atoms in total. The van der Waals surface area contributed by atoms with Gasteiger partial charge in [-0.25, -0.2) is 12.8 Å². The number of carbonyl (C=O) groups is 1. The third-order valence-corrected chi connectivity index (χ3v) is 7.56. The number of benzene rings is 3. The first-order valence-electron chi connectivity index (χ1n) is 9.75. The van der Waals surface area contributed by atoms with E-state index in [2.05, 4.69) is 0 Å². The molecular weight excluding hydrogens is 510 g/mol. The first kappa shape index (κ1) is 25.5. The molecule has 0 aliphatic carbocycles. The Labute approximate surface area is 207 Å². The minimum atomic E-state index is -4.09. The smallest absolute Gasteiger partial charge is 0.243 e. The molecule has 1 amide bonds. The van der Waals surface area contributed by atoms with Gasteiger partial charge in [-0.1, -0.05) is 59.1 Å². The van der Waals surface area contributed by atoms with Gasteiger partial charge < -0.3 is 4.90 Å². The zero-order valence-electron chi connectivity index (χ0n) is 17.5. The Hall–Kier alpha value is -2.16. The summed E-state index contributed by atoms with van der Waals surface area (Å²) in [5.41, 5.74) is 0.796. The molecule has 0 aromatic heterocycles. The first-order chi connectivity index (χ1) is 15.6. The van der Waals surface area contributed by atoms with Crippen molar-refractivity contribution in [1.29, 1.82) is 0 Å². The van der Waals surface area contributed by atoms with E-state index in [1.807, 2.05) is 0 Å². The van der Waals surface area contributed by atoms with Crippen LogP contribution in [-0.4, -0.2) is 37.1 Å². The molecule has 0 saturated carbocycles. The van der Waals surface area contributed by atoms with Crippen LogP contribution in [0.1, 0.15) is 11.1 Å². The van der Waals surface area contributed by atoms with Gasteiger partial charge in [-0.15, -0.1) is 0 Å². The summed E-state index contributed by atoms with van der Waals surface area (Å²) < 4.78 is 41.8. The summed E-state index contributed by atoms with van der Waals surface area (Å²) in [6.45, 7) is -0.656. The van der Waals surface area contributed by atoms with Crippen LogP contribution in [0.2, 0.25) is 15.1 Å². The van der Waals surface area contributed by atoms with Gasteiger partial charge in [0.1, 0.15) is 5.82 Å². The average Bonchev–Trinajstić information content (AvgIpc) is 2.76. The summed E-state index contributed by atoms with van der Waals surface area (Å²) in [7, 11) is -2.61. The van der Waals surface area contributed by atoms with Crippen molar-refractivity contribution in [2.75, 3.05) is 13.6 Å². The largest absolute Gasteiger partial charge is 0.340 e. The first-order valence-corrected chi connectivity index (χ1v) is 12.3. The van der Waals surface area contributed by atoms with Crippen LogP contribution < -0.4 is 0 Å². The molecule has 0 unspecified atom stereocenters. The molecule has 0 atom stereocenters. The highest BCUT2D eigenvalue weighted by atomic mass is 35.5. The van der Waals surface area contributed by atoms with Gasteiger partial charge in [0.2, 0.25) is 15.9 Å². The Balaban J connectivity index is 1.89. The summed E-state index contributed by atoms with van der Waals surface area (Å²) in [5, 5.41) is 1.05. The molecule has 0 aliphatic rings. The maximum Gasteiger partial charge on any atom is 0.243 e. The van der Waals surface area contributed by atoms with Crippen molar-refractivity contribution in [2.45, 2.75) is 18.0 Å². The van der Waals surface area contributed by atoms with E-state index in [0.717, 1.165) is 4.31 Å². The van der Waals surface area contributed by atoms with E-state index in [-0.39, 0.29) is 23.0 Å². The number of sulfonamides is 1. The Morgan fingerprint density at radius 1 is 0.879 bits per heavy atom. The predicted octanol–water partition coefficient (Wildman–Crippen LogP) is 5.64. The summed E-state index contributed by atoms with van der Waals surface area (Å²) in [5.74, 6) is -0.961. The fourth-order valence-corrected chi connectivity index (χ4v) is 5.03. The molecule has 0 radical (unpaired) electrons. The average molecular weight is 530 g/mol. The number of hydrogen-bond acceptors (Lipinski definition) is 3. The van der Waals surface area contributed by atoms with Crippen molar-refractivity contribution < 1.29 is 17.6 Å². The van der Waals surface area contributed by atoms with Crippen LogP contribution >= 0.6 is 34.8 Å². The normalized spacial score (nSPS) is 11.6. The van der Waals surface area contributed by atoms with Gasteiger partial charge >= 0.3 is 0 Å². The minimum absolute atomic E-state index is 0.0119. The predicted molar refractivity (Wildman–Crippen MR) is 128 cm³/mol. The Morgan fingerprint density at radius 2 is 1.52 bits per heavy atom. The fraction of sp³-hybridized carbons (Fsp3) is 0.174. The number of likely N-dealkylation sites (N-methyl/N-ethyl adjacent to an activating group) is 1. The van der Waals surface area contributed by atoms with E-state index in [4.69, 9.17) is 34.8 Å². The van der Waals surface area contributed by atoms with Crippen molar-refractivity contribution >= 4 is 50.7 Å². The van der Waals surface area contributed by atoms with Crippen LogP contribution in [0.3, 0.4) is 0 Å². The molecule has 0 spiro atoms. The molecule has 0 N–H and O–H groups in total. The number of halogens is 4. The van der Waals surface area contributed by atoms with E-state index in [0.29, 0.717) is 21.2 Å². The third-order valence-electron chi connectivity index (χ3n) is 4.92. The van der Waals surface area contributed by atoms with E-state index in [1.165, 1.54) is 48.3 Å². The highest BCUT2D eigenvalue weighted by molar-refractivity contribution is 7.89. The van der Waals surface area contributed by atoms with Crippen molar-refractivity contribution in [1.82, 2.24) is 9.21 Å². The van der Waals surface area contributed by atoms with Crippen LogP contribution in [0, 0.1) is 5.82 Å². The van der Waals surface area contributed by atoms with Gasteiger partial charge in [-0.05, 0) is 48.0 Å². The minimum Gasteiger partial charge on any atom is -0.340 e. The van der Waals surface area contributed by atoms with Crippen LogP contribution in [0.15, 0.2) is 71.6 Å². The van der Waals surface area contributed by atoms with E-state index < -0.39 is 28.3 Å². The molecule has 174 valence electrons. The van der Waals surface area contributed by atoms with Crippen molar-refractivity contribution in [3.8, 4) is 0 Å². The van der Waals surface area contributed by atoms with E-state index in [1.54, 1.807) is 30.3 Å². The van der Waals surface area contributed by atoms with Gasteiger partial charge in [0.15, 0.2) is 0 Å². The topological polar surface area (TPSA) is 57.7 Å². The molecule has 0 heterocycles. The SMILES string of the molecule is CN(Cc1ccccc1F)C(=O)CN(Cc1ccc(Cl)cc1Cl)S(=O)(=O)c1ccc(Cl)cc1. The summed E-state index contributed by atoms with van der Waals surface area (Å²) in [6.07, 6.45) is 0. The monoisotopic (exact) mass is 528 g/mol. The van der Waals surface area contributed by atoms with Gasteiger partial charge in [0.05, 0.1) is 11.4 Å². The van der Waals surface area contributed by atoms with Crippen molar-refractivity contribution in [2.24, 2.45) is 0 Å². The second-order valence-corrected chi connectivity index (χ2v) is 10.5. The third kappa shape index (κ3) is 6.46. The lowest BCUT2D eigenvalue weighted by atomic mass is 10.2. The van der Waals surface area contributed by atoms with Gasteiger partial charge in [0, 0.05) is 40.8 Å². The number of hydrogen-bond donors (Lipinski definition) is 0. The zero-order chi connectivity index (χ0) is 24.2. The molecule has 10 heteroatoms. The number of amides is 1. The van der Waals surface area contributed by atoms with Crippen molar-refractivity contribution in [3.05, 3.63) is 98.7 Å². The van der Waals surface area contributed by atoms with Crippen LogP contribution in [0.5, 0.6) is 0 Å². The Kier molecular flexibility index (Phi) is 8.37. The van der Waals surface area contributed by atoms with E-state index >= 15 is 0 Å². The Morgan fingerprint density at radius 3 is 2.15 bits per heavy atom. The molecule has 0 fully saturated rings. The van der Waals surface area contributed by atoms with Crippen LogP contribution in [0.4, 0.5) is 4.39 Å². The molecule has 3 aromatic carbocycles. The zero-order valence-corrected chi connectivity index (χ0v) is 20.6. The molecule has 3 rings (SSSR count). The molecular formula is C23H20Cl3FN2O3S. The number of nitrogens with zero attached hydrogens (tertiary/aromatic N) is 2. The molecule has 0 saturated heterocycles. The van der Waals surface area contributed by atoms with Crippen LogP contribution in [0.25, 0.3) is 0 Å². The molecule has 3 aromatic rings. The second kappa shape index (κ2) is 10.8. The number of rotatable bonds is 8. The van der Waals surface area contributed by atoms with Gasteiger partial charge in [0.25, 0.3) is 0 Å². The van der Waals surface area contributed by atoms with Crippen molar-refractivity contribution in [3.63, 3.8) is 0 Å². The molecule has 0 aliphatic heterocycles. The lowest BCUT2D eigenvalue weighted by Crippen LogP contribution is -2.41. The van der Waals surface area contributed by atoms with Crippen LogP contribution in [-0.2, 0) is 27.9 Å². The summed E-state index contributed by atoms with van der Waals surface area (Å²) in [4.78, 5) is 14.2. The Bertz CT molecular complexity index is 1250. The highest BCUT2D eigenvalue weighted by Gasteiger charge is 2.29. The molecule has 0 bridgehead atoms. The maximum atomic E-state index is 14.0. The standard InChI is InChI=1S/C23H20Cl3FN2O3S/c1-28(13-17-4-2-3-5-22(17)27)23(30)15-29(14-16-6-7-19(25)12-21(16)26)33(31,32)20-10-8-18(24)9-11-20/h2-12H,13-15H2,1H3. The lowest BCUT2D eigenvalue weighted by molar-refractivity contribution is -0.130. The van der Waals surface area contributed by atoms with Gasteiger partial charge in [-0.3, -0.25) is 4.79 Å². The molecule has 33 heavy (non-hydrogen) atoms. The highest BCUT2D eigenvalue weighted by Crippen LogP contribution is 2.26. The number of carbonyl (C=O) groups excluding carboxylic acids is 1. The quantitative estimate of drug-likeness (QED) is 0.380. The van der Waals surface area contributed by atoms with Gasteiger partial charge in [-0.2, -0.15) is 4.31 Å². The second-order valence-electron chi connectivity index (χ2n) is 7.30. The maximum absolute atomic E-state index is 14.0. The summed E-state index contributed by atoms with van der Waals surface area (Å²) >= 11 is 18.1.